The summed E-state index contributed by atoms with van der Waals surface area (Å²) < 4.78 is 16.7. The number of halogens is 1. The smallest absolute Gasteiger partial charge is 0.321 e. The first-order chi connectivity index (χ1) is 11.1. The van der Waals surface area contributed by atoms with Crippen molar-refractivity contribution < 1.29 is 19.0 Å². The van der Waals surface area contributed by atoms with Gasteiger partial charge in [0.2, 0.25) is 0 Å². The monoisotopic (exact) mass is 340 g/mol. The summed E-state index contributed by atoms with van der Waals surface area (Å²) in [5.41, 5.74) is 0.650. The van der Waals surface area contributed by atoms with Gasteiger partial charge in [0.15, 0.2) is 5.79 Å². The van der Waals surface area contributed by atoms with E-state index in [0.29, 0.717) is 62.2 Å². The molecule has 1 spiro atoms. The topological polar surface area (TPSA) is 60.0 Å². The quantitative estimate of drug-likeness (QED) is 0.918. The molecule has 1 aromatic rings. The molecular formula is C16H21ClN2O4. The van der Waals surface area contributed by atoms with Crippen LogP contribution in [0.4, 0.5) is 10.5 Å². The number of nitrogens with zero attached hydrogens (tertiary/aromatic N) is 1. The zero-order valence-corrected chi connectivity index (χ0v) is 13.9. The molecule has 126 valence electrons. The number of carbonyl (C=O) groups excluding carboxylic acids is 1. The van der Waals surface area contributed by atoms with Crippen LogP contribution < -0.4 is 10.1 Å². The Morgan fingerprint density at radius 2 is 2.04 bits per heavy atom. The van der Waals surface area contributed by atoms with E-state index in [4.69, 9.17) is 25.8 Å². The average Bonchev–Trinajstić information content (AvgIpc) is 2.99. The second-order valence-electron chi connectivity index (χ2n) is 5.60. The normalized spacial score (nSPS) is 19.8. The summed E-state index contributed by atoms with van der Waals surface area (Å²) in [7, 11) is 0. The molecule has 23 heavy (non-hydrogen) atoms. The number of rotatable bonds is 3. The summed E-state index contributed by atoms with van der Waals surface area (Å²) in [6.07, 6.45) is 1.40. The Morgan fingerprint density at radius 3 is 2.65 bits per heavy atom. The van der Waals surface area contributed by atoms with Crippen LogP contribution in [0.1, 0.15) is 19.8 Å². The van der Waals surface area contributed by atoms with Crippen molar-refractivity contribution in [3.63, 3.8) is 0 Å². The van der Waals surface area contributed by atoms with E-state index in [1.54, 1.807) is 23.1 Å². The Morgan fingerprint density at radius 1 is 1.35 bits per heavy atom. The number of likely N-dealkylation sites (tertiary alicyclic amines) is 1. The van der Waals surface area contributed by atoms with Crippen molar-refractivity contribution in [2.24, 2.45) is 0 Å². The van der Waals surface area contributed by atoms with Crippen molar-refractivity contribution in [1.29, 1.82) is 0 Å². The van der Waals surface area contributed by atoms with Crippen molar-refractivity contribution in [1.82, 2.24) is 4.90 Å². The van der Waals surface area contributed by atoms with Gasteiger partial charge in [0.05, 0.1) is 24.8 Å². The lowest BCUT2D eigenvalue weighted by Gasteiger charge is -2.37. The molecule has 6 nitrogen and oxygen atoms in total. The van der Waals surface area contributed by atoms with Gasteiger partial charge in [-0.3, -0.25) is 0 Å². The van der Waals surface area contributed by atoms with Crippen LogP contribution >= 0.6 is 11.6 Å². The fraction of sp³-hybridized carbons (Fsp3) is 0.562. The van der Waals surface area contributed by atoms with E-state index < -0.39 is 5.79 Å². The third kappa shape index (κ3) is 3.71. The molecule has 0 aliphatic carbocycles. The van der Waals surface area contributed by atoms with Crippen LogP contribution in [0.3, 0.4) is 0 Å². The minimum Gasteiger partial charge on any atom is -0.492 e. The van der Waals surface area contributed by atoms with Gasteiger partial charge in [0.1, 0.15) is 5.75 Å². The van der Waals surface area contributed by atoms with E-state index >= 15 is 0 Å². The van der Waals surface area contributed by atoms with Crippen molar-refractivity contribution >= 4 is 23.3 Å². The third-order valence-corrected chi connectivity index (χ3v) is 4.40. The first-order valence-corrected chi connectivity index (χ1v) is 8.26. The molecular weight excluding hydrogens is 320 g/mol. The highest BCUT2D eigenvalue weighted by atomic mass is 35.5. The van der Waals surface area contributed by atoms with Crippen molar-refractivity contribution in [2.45, 2.75) is 25.6 Å². The lowest BCUT2D eigenvalue weighted by atomic mass is 10.0. The molecule has 2 amide bonds. The number of urea groups is 1. The maximum absolute atomic E-state index is 12.4. The zero-order valence-electron chi connectivity index (χ0n) is 13.1. The number of hydrogen-bond donors (Lipinski definition) is 1. The molecule has 0 atom stereocenters. The molecule has 2 aliphatic heterocycles. The van der Waals surface area contributed by atoms with Gasteiger partial charge in [-0.1, -0.05) is 11.6 Å². The second kappa shape index (κ2) is 6.95. The van der Waals surface area contributed by atoms with Crippen LogP contribution in [0.25, 0.3) is 0 Å². The second-order valence-corrected chi connectivity index (χ2v) is 6.01. The van der Waals surface area contributed by atoms with Gasteiger partial charge in [0, 0.05) is 31.6 Å². The average molecular weight is 341 g/mol. The number of anilines is 1. The molecule has 2 aliphatic rings. The Hall–Kier alpha value is -1.50. The number of piperidine rings is 1. The van der Waals surface area contributed by atoms with Crippen LogP contribution in [0.15, 0.2) is 18.2 Å². The van der Waals surface area contributed by atoms with Crippen LogP contribution in [-0.2, 0) is 9.47 Å². The molecule has 0 aromatic heterocycles. The molecule has 0 unspecified atom stereocenters. The molecule has 0 radical (unpaired) electrons. The molecule has 1 aromatic carbocycles. The predicted octanol–water partition coefficient (Wildman–Crippen LogP) is 3.11. The lowest BCUT2D eigenvalue weighted by molar-refractivity contribution is -0.181. The highest BCUT2D eigenvalue weighted by Gasteiger charge is 2.40. The maximum Gasteiger partial charge on any atom is 0.321 e. The standard InChI is InChI=1S/C16H21ClN2O4/c1-2-21-14-4-3-12(11-13(14)17)18-15(20)19-7-5-16(6-8-19)22-9-10-23-16/h3-4,11H,2,5-10H2,1H3,(H,18,20). The molecule has 7 heteroatoms. The summed E-state index contributed by atoms with van der Waals surface area (Å²) in [4.78, 5) is 14.1. The summed E-state index contributed by atoms with van der Waals surface area (Å²) in [5.74, 6) is 0.141. The van der Waals surface area contributed by atoms with Crippen LogP contribution in [0.5, 0.6) is 5.75 Å². The SMILES string of the molecule is CCOc1ccc(NC(=O)N2CCC3(CC2)OCCO3)cc1Cl. The first kappa shape index (κ1) is 16.4. The van der Waals surface area contributed by atoms with Crippen molar-refractivity contribution in [2.75, 3.05) is 38.2 Å². The first-order valence-electron chi connectivity index (χ1n) is 7.88. The highest BCUT2D eigenvalue weighted by Crippen LogP contribution is 2.32. The van der Waals surface area contributed by atoms with Gasteiger partial charge in [-0.25, -0.2) is 4.79 Å². The highest BCUT2D eigenvalue weighted by molar-refractivity contribution is 6.32. The number of amides is 2. The number of hydrogen-bond acceptors (Lipinski definition) is 4. The van der Waals surface area contributed by atoms with Gasteiger partial charge >= 0.3 is 6.03 Å². The van der Waals surface area contributed by atoms with E-state index in [0.717, 1.165) is 0 Å². The number of nitrogens with one attached hydrogen (secondary N) is 1. The molecule has 1 N–H and O–H groups in total. The summed E-state index contributed by atoms with van der Waals surface area (Å²) in [6, 6.07) is 5.09. The number of benzene rings is 1. The Balaban J connectivity index is 1.56. The lowest BCUT2D eigenvalue weighted by Crippen LogP contribution is -2.48. The van der Waals surface area contributed by atoms with Gasteiger partial charge in [-0.15, -0.1) is 0 Å². The molecule has 0 bridgehead atoms. The van der Waals surface area contributed by atoms with Crippen LogP contribution in [0, 0.1) is 0 Å². The Kier molecular flexibility index (Phi) is 4.94. The fourth-order valence-electron chi connectivity index (χ4n) is 2.89. The molecule has 2 heterocycles. The summed E-state index contributed by atoms with van der Waals surface area (Å²) >= 11 is 6.14. The fourth-order valence-corrected chi connectivity index (χ4v) is 3.12. The third-order valence-electron chi connectivity index (χ3n) is 4.11. The minimum atomic E-state index is -0.473. The van der Waals surface area contributed by atoms with E-state index in [-0.39, 0.29) is 6.03 Å². The van der Waals surface area contributed by atoms with Crippen LogP contribution in [-0.4, -0.2) is 49.6 Å². The Bertz CT molecular complexity index is 565. The van der Waals surface area contributed by atoms with E-state index in [9.17, 15) is 4.79 Å². The predicted molar refractivity (Wildman–Crippen MR) is 87.1 cm³/mol. The number of carbonyl (C=O) groups is 1. The summed E-state index contributed by atoms with van der Waals surface area (Å²) in [5, 5.41) is 3.35. The van der Waals surface area contributed by atoms with Crippen LogP contribution in [0.2, 0.25) is 5.02 Å². The zero-order chi connectivity index (χ0) is 16.3. The Labute approximate surface area is 140 Å². The van der Waals surface area contributed by atoms with Gasteiger partial charge in [-0.2, -0.15) is 0 Å². The van der Waals surface area contributed by atoms with E-state index in [1.165, 1.54) is 0 Å². The summed E-state index contributed by atoms with van der Waals surface area (Å²) in [6.45, 7) is 4.93. The molecule has 2 fully saturated rings. The largest absolute Gasteiger partial charge is 0.492 e. The van der Waals surface area contributed by atoms with Gasteiger partial charge < -0.3 is 24.4 Å². The minimum absolute atomic E-state index is 0.141. The van der Waals surface area contributed by atoms with E-state index in [1.807, 2.05) is 6.92 Å². The number of ether oxygens (including phenoxy) is 3. The molecule has 2 saturated heterocycles. The van der Waals surface area contributed by atoms with E-state index in [2.05, 4.69) is 5.32 Å². The molecule has 3 rings (SSSR count). The maximum atomic E-state index is 12.4. The van der Waals surface area contributed by atoms with Crippen molar-refractivity contribution in [3.05, 3.63) is 23.2 Å². The molecule has 0 saturated carbocycles. The van der Waals surface area contributed by atoms with Crippen molar-refractivity contribution in [3.8, 4) is 5.75 Å². The van der Waals surface area contributed by atoms with Gasteiger partial charge in [-0.05, 0) is 25.1 Å². The van der Waals surface area contributed by atoms with Gasteiger partial charge in [0.25, 0.3) is 0 Å².